The number of halogens is 2. The van der Waals surface area contributed by atoms with Gasteiger partial charge < -0.3 is 5.11 Å². The first-order valence-corrected chi connectivity index (χ1v) is 6.03. The Kier molecular flexibility index (Phi) is 3.36. The molecule has 0 aliphatic rings. The average molecular weight is 348 g/mol. The lowest BCUT2D eigenvalue weighted by atomic mass is 10.2. The third kappa shape index (κ3) is 2.02. The number of aliphatic hydroxyl groups excluding tert-OH is 1. The Morgan fingerprint density at radius 2 is 2.19 bits per heavy atom. The van der Waals surface area contributed by atoms with Crippen LogP contribution in [0.4, 0.5) is 0 Å². The lowest BCUT2D eigenvalue weighted by Crippen LogP contribution is -2.09. The van der Waals surface area contributed by atoms with Gasteiger partial charge in [0.25, 0.3) is 0 Å². The molecule has 84 valence electrons. The van der Waals surface area contributed by atoms with E-state index in [1.165, 1.54) is 4.68 Å². The van der Waals surface area contributed by atoms with E-state index in [1.807, 2.05) is 6.07 Å². The van der Waals surface area contributed by atoms with E-state index >= 15 is 0 Å². The van der Waals surface area contributed by atoms with Crippen molar-refractivity contribution in [3.8, 4) is 0 Å². The van der Waals surface area contributed by atoms with Gasteiger partial charge in [-0.25, -0.2) is 4.68 Å². The highest BCUT2D eigenvalue weighted by Gasteiger charge is 2.22. The predicted molar refractivity (Wildman–Crippen MR) is 64.7 cm³/mol. The maximum atomic E-state index is 10.2. The van der Waals surface area contributed by atoms with Gasteiger partial charge in [0.05, 0.1) is 5.69 Å². The van der Waals surface area contributed by atoms with Crippen molar-refractivity contribution in [3.63, 3.8) is 0 Å². The maximum absolute atomic E-state index is 10.2. The Morgan fingerprint density at radius 1 is 1.44 bits per heavy atom. The number of aromatic nitrogens is 4. The van der Waals surface area contributed by atoms with Crippen LogP contribution >= 0.6 is 31.9 Å². The van der Waals surface area contributed by atoms with Gasteiger partial charge in [-0.15, -0.1) is 5.10 Å². The Hall–Kier alpha value is -0.790. The summed E-state index contributed by atoms with van der Waals surface area (Å²) in [6.07, 6.45) is 0.756. The van der Waals surface area contributed by atoms with Gasteiger partial charge >= 0.3 is 0 Å². The molecule has 0 bridgehead atoms. The van der Waals surface area contributed by atoms with Gasteiger partial charge in [0.1, 0.15) is 11.8 Å². The molecular formula is C9H8Br2N4O. The fourth-order valence-electron chi connectivity index (χ4n) is 1.36. The summed E-state index contributed by atoms with van der Waals surface area (Å²) in [6.45, 7) is 0. The number of aliphatic hydroxyl groups is 1. The molecule has 0 aromatic carbocycles. The van der Waals surface area contributed by atoms with E-state index in [2.05, 4.69) is 47.2 Å². The van der Waals surface area contributed by atoms with Gasteiger partial charge in [-0.1, -0.05) is 5.21 Å². The zero-order valence-electron chi connectivity index (χ0n) is 8.30. The van der Waals surface area contributed by atoms with Crippen LogP contribution in [0.15, 0.2) is 27.4 Å². The summed E-state index contributed by atoms with van der Waals surface area (Å²) in [6, 6.07) is 3.61. The second-order valence-electron chi connectivity index (χ2n) is 3.16. The zero-order chi connectivity index (χ0) is 11.7. The van der Waals surface area contributed by atoms with Crippen molar-refractivity contribution < 1.29 is 5.11 Å². The highest BCUT2D eigenvalue weighted by atomic mass is 79.9. The van der Waals surface area contributed by atoms with Gasteiger partial charge in [-0.05, 0) is 44.0 Å². The third-order valence-corrected chi connectivity index (χ3v) is 3.37. The molecule has 2 heterocycles. The molecule has 0 fully saturated rings. The minimum Gasteiger partial charge on any atom is -0.380 e. The Labute approximate surface area is 109 Å². The second-order valence-corrected chi connectivity index (χ2v) is 4.77. The molecule has 7 heteroatoms. The van der Waals surface area contributed by atoms with E-state index < -0.39 is 6.10 Å². The highest BCUT2D eigenvalue weighted by molar-refractivity contribution is 9.10. The summed E-state index contributed by atoms with van der Waals surface area (Å²) >= 11 is 6.59. The standard InChI is InChI=1S/C9H8Br2N4O/c1-15-7(9(11)13-14-15)8(16)6-5(10)3-2-4-12-6/h2-4,8,16H,1H3. The number of hydrogen-bond acceptors (Lipinski definition) is 4. The van der Waals surface area contributed by atoms with Crippen molar-refractivity contribution >= 4 is 31.9 Å². The number of aryl methyl sites for hydroxylation is 1. The molecule has 0 aliphatic carbocycles. The lowest BCUT2D eigenvalue weighted by molar-refractivity contribution is 0.203. The minimum atomic E-state index is -0.870. The van der Waals surface area contributed by atoms with Crippen LogP contribution in [0.25, 0.3) is 0 Å². The third-order valence-electron chi connectivity index (χ3n) is 2.13. The molecule has 2 rings (SSSR count). The zero-order valence-corrected chi connectivity index (χ0v) is 11.5. The van der Waals surface area contributed by atoms with Gasteiger partial charge in [0, 0.05) is 17.7 Å². The molecule has 2 aromatic rings. The Balaban J connectivity index is 2.47. The van der Waals surface area contributed by atoms with Crippen LogP contribution in [0.3, 0.4) is 0 Å². The molecule has 0 spiro atoms. The van der Waals surface area contributed by atoms with Crippen molar-refractivity contribution in [2.24, 2.45) is 7.05 Å². The Morgan fingerprint density at radius 3 is 2.75 bits per heavy atom. The first-order valence-electron chi connectivity index (χ1n) is 4.45. The van der Waals surface area contributed by atoms with Crippen LogP contribution in [0.5, 0.6) is 0 Å². The fraction of sp³-hybridized carbons (Fsp3) is 0.222. The topological polar surface area (TPSA) is 63.8 Å². The second kappa shape index (κ2) is 4.60. The van der Waals surface area contributed by atoms with Crippen molar-refractivity contribution in [2.45, 2.75) is 6.10 Å². The van der Waals surface area contributed by atoms with Crippen LogP contribution in [-0.4, -0.2) is 25.1 Å². The number of hydrogen-bond donors (Lipinski definition) is 1. The van der Waals surface area contributed by atoms with Crippen molar-refractivity contribution in [3.05, 3.63) is 38.8 Å². The maximum Gasteiger partial charge on any atom is 0.154 e. The normalized spacial score (nSPS) is 12.8. The molecule has 5 nitrogen and oxygen atoms in total. The summed E-state index contributed by atoms with van der Waals surface area (Å²) in [4.78, 5) is 4.13. The SMILES string of the molecule is Cn1nnc(Br)c1C(O)c1ncccc1Br. The van der Waals surface area contributed by atoms with Crippen LogP contribution in [0, 0.1) is 0 Å². The van der Waals surface area contributed by atoms with Gasteiger partial charge in [0.2, 0.25) is 0 Å². The van der Waals surface area contributed by atoms with E-state index in [-0.39, 0.29) is 0 Å². The molecule has 1 N–H and O–H groups in total. The van der Waals surface area contributed by atoms with Crippen LogP contribution < -0.4 is 0 Å². The van der Waals surface area contributed by atoms with Crippen molar-refractivity contribution in [2.75, 3.05) is 0 Å². The van der Waals surface area contributed by atoms with E-state index in [0.29, 0.717) is 16.0 Å². The molecule has 0 amide bonds. The Bertz CT molecular complexity index is 494. The summed E-state index contributed by atoms with van der Waals surface area (Å²) in [7, 11) is 1.72. The smallest absolute Gasteiger partial charge is 0.154 e. The van der Waals surface area contributed by atoms with Crippen LogP contribution in [0.2, 0.25) is 0 Å². The van der Waals surface area contributed by atoms with E-state index in [0.717, 1.165) is 4.47 Å². The number of rotatable bonds is 2. The van der Waals surface area contributed by atoms with Gasteiger partial charge in [0.15, 0.2) is 4.60 Å². The van der Waals surface area contributed by atoms with Crippen molar-refractivity contribution in [1.29, 1.82) is 0 Å². The molecule has 2 aromatic heterocycles. The van der Waals surface area contributed by atoms with E-state index in [1.54, 1.807) is 19.3 Å². The summed E-state index contributed by atoms with van der Waals surface area (Å²) < 4.78 is 2.77. The summed E-state index contributed by atoms with van der Waals surface area (Å²) in [5, 5.41) is 17.8. The summed E-state index contributed by atoms with van der Waals surface area (Å²) in [5.41, 5.74) is 1.10. The minimum absolute atomic E-state index is 0.514. The van der Waals surface area contributed by atoms with Crippen molar-refractivity contribution in [1.82, 2.24) is 20.0 Å². The molecule has 0 saturated carbocycles. The van der Waals surface area contributed by atoms with Gasteiger partial charge in [-0.2, -0.15) is 0 Å². The molecule has 0 saturated heterocycles. The number of pyridine rings is 1. The quantitative estimate of drug-likeness (QED) is 0.900. The average Bonchev–Trinajstić information content (AvgIpc) is 2.58. The fourth-order valence-corrected chi connectivity index (χ4v) is 2.37. The van der Waals surface area contributed by atoms with E-state index in [4.69, 9.17) is 0 Å². The van der Waals surface area contributed by atoms with E-state index in [9.17, 15) is 5.11 Å². The van der Waals surface area contributed by atoms with Crippen LogP contribution in [-0.2, 0) is 7.05 Å². The first-order chi connectivity index (χ1) is 7.61. The largest absolute Gasteiger partial charge is 0.380 e. The lowest BCUT2D eigenvalue weighted by Gasteiger charge is -2.11. The molecular weight excluding hydrogens is 340 g/mol. The van der Waals surface area contributed by atoms with Gasteiger partial charge in [-0.3, -0.25) is 4.98 Å². The number of nitrogens with zero attached hydrogens (tertiary/aromatic N) is 4. The molecule has 0 radical (unpaired) electrons. The molecule has 0 aliphatic heterocycles. The monoisotopic (exact) mass is 346 g/mol. The highest BCUT2D eigenvalue weighted by Crippen LogP contribution is 2.29. The predicted octanol–water partition coefficient (Wildman–Crippen LogP) is 1.82. The molecule has 1 atom stereocenters. The van der Waals surface area contributed by atoms with Crippen LogP contribution in [0.1, 0.15) is 17.5 Å². The molecule has 16 heavy (non-hydrogen) atoms. The summed E-state index contributed by atoms with van der Waals surface area (Å²) in [5.74, 6) is 0. The first kappa shape index (κ1) is 11.7. The molecule has 1 unspecified atom stereocenters.